The Morgan fingerprint density at radius 2 is 1.78 bits per heavy atom. The average molecular weight is 766 g/mol. The molecular formula is C39H49BrN4O7. The lowest BCUT2D eigenvalue weighted by Gasteiger charge is -2.37. The van der Waals surface area contributed by atoms with Crippen molar-refractivity contribution >= 4 is 51.0 Å². The Hall–Kier alpha value is -4.00. The first-order valence-corrected chi connectivity index (χ1v) is 18.7. The summed E-state index contributed by atoms with van der Waals surface area (Å²) in [6.07, 6.45) is 3.84. The predicted molar refractivity (Wildman–Crippen MR) is 199 cm³/mol. The monoisotopic (exact) mass is 764 g/mol. The van der Waals surface area contributed by atoms with E-state index < -0.39 is 47.5 Å². The van der Waals surface area contributed by atoms with Crippen LogP contribution in [0.4, 0.5) is 11.4 Å². The van der Waals surface area contributed by atoms with E-state index in [1.165, 1.54) is 4.90 Å². The molecule has 3 heterocycles. The molecule has 3 saturated heterocycles. The maximum absolute atomic E-state index is 14.8. The molecule has 51 heavy (non-hydrogen) atoms. The Bertz CT molecular complexity index is 1570. The second-order valence-electron chi connectivity index (χ2n) is 13.2. The highest BCUT2D eigenvalue weighted by Crippen LogP contribution is 2.60. The van der Waals surface area contributed by atoms with Gasteiger partial charge in [0, 0.05) is 55.4 Å². The molecule has 11 nitrogen and oxygen atoms in total. The molecule has 2 aromatic rings. The van der Waals surface area contributed by atoms with Gasteiger partial charge >= 0.3 is 5.97 Å². The van der Waals surface area contributed by atoms with Gasteiger partial charge in [-0.15, -0.1) is 13.2 Å². The molecule has 2 aromatic carbocycles. The van der Waals surface area contributed by atoms with Crippen LogP contribution in [0.25, 0.3) is 0 Å². The summed E-state index contributed by atoms with van der Waals surface area (Å²) in [6.45, 7) is 13.4. The number of anilines is 2. The zero-order valence-electron chi connectivity index (χ0n) is 29.4. The quantitative estimate of drug-likeness (QED) is 0.129. The minimum atomic E-state index is -1.29. The number of carbonyl (C=O) groups is 4. The normalized spacial score (nSPS) is 25.2. The number of nitrogens with zero attached hydrogens (tertiary/aromatic N) is 3. The van der Waals surface area contributed by atoms with Crippen LogP contribution in [0.1, 0.15) is 51.1 Å². The lowest BCUT2D eigenvalue weighted by molar-refractivity contribution is -0.145. The van der Waals surface area contributed by atoms with Crippen LogP contribution >= 0.6 is 15.9 Å². The molecule has 3 aliphatic rings. The summed E-state index contributed by atoms with van der Waals surface area (Å²) in [7, 11) is 0. The molecule has 7 atom stereocenters. The van der Waals surface area contributed by atoms with E-state index >= 15 is 0 Å². The summed E-state index contributed by atoms with van der Waals surface area (Å²) in [5.41, 5.74) is 1.13. The summed E-state index contributed by atoms with van der Waals surface area (Å²) < 4.78 is 12.3. The van der Waals surface area contributed by atoms with Gasteiger partial charge in [0.15, 0.2) is 0 Å². The van der Waals surface area contributed by atoms with Gasteiger partial charge in [-0.2, -0.15) is 0 Å². The van der Waals surface area contributed by atoms with Crippen LogP contribution in [0.5, 0.6) is 0 Å². The fraction of sp³-hybridized carbons (Fsp3) is 0.487. The number of hydrogen-bond donors (Lipinski definition) is 2. The molecule has 1 unspecified atom stereocenters. The molecule has 0 aromatic heterocycles. The summed E-state index contributed by atoms with van der Waals surface area (Å²) in [6, 6.07) is 15.2. The number of likely N-dealkylation sites (tertiary alicyclic amines) is 1. The maximum Gasteiger partial charge on any atom is 0.306 e. The number of allylic oxidation sites excluding steroid dienone is 1. The summed E-state index contributed by atoms with van der Waals surface area (Å²) in [4.78, 5) is 61.1. The summed E-state index contributed by atoms with van der Waals surface area (Å²) >= 11 is 3.74. The molecule has 0 saturated carbocycles. The van der Waals surface area contributed by atoms with Crippen LogP contribution in [0.15, 0.2) is 79.9 Å². The zero-order chi connectivity index (χ0) is 36.7. The fourth-order valence-corrected chi connectivity index (χ4v) is 8.81. The van der Waals surface area contributed by atoms with E-state index in [1.54, 1.807) is 17.1 Å². The largest absolute Gasteiger partial charge is 0.463 e. The Kier molecular flexibility index (Phi) is 12.8. The van der Waals surface area contributed by atoms with Gasteiger partial charge in [0.25, 0.3) is 5.91 Å². The van der Waals surface area contributed by atoms with Gasteiger partial charge in [0.05, 0.1) is 24.0 Å². The van der Waals surface area contributed by atoms with Crippen LogP contribution in [0.3, 0.4) is 0 Å². The number of halogens is 1. The van der Waals surface area contributed by atoms with Crippen molar-refractivity contribution in [3.05, 3.63) is 85.5 Å². The van der Waals surface area contributed by atoms with Crippen molar-refractivity contribution in [1.29, 1.82) is 0 Å². The first-order valence-electron chi connectivity index (χ1n) is 17.8. The minimum absolute atomic E-state index is 0.0984. The van der Waals surface area contributed by atoms with E-state index in [-0.39, 0.29) is 55.8 Å². The third kappa shape index (κ3) is 7.64. The molecule has 5 rings (SSSR count). The average Bonchev–Trinajstić information content (AvgIpc) is 3.74. The Labute approximate surface area is 308 Å². The molecular weight excluding hydrogens is 716 g/mol. The fourth-order valence-electron chi connectivity index (χ4n) is 7.86. The number of benzene rings is 2. The van der Waals surface area contributed by atoms with Crippen LogP contribution in [-0.2, 0) is 28.7 Å². The molecule has 12 heteroatoms. The van der Waals surface area contributed by atoms with Crippen LogP contribution in [0, 0.1) is 11.8 Å². The maximum atomic E-state index is 14.8. The smallest absolute Gasteiger partial charge is 0.306 e. The van der Waals surface area contributed by atoms with Crippen molar-refractivity contribution in [3.8, 4) is 0 Å². The third-order valence-corrected chi connectivity index (χ3v) is 11.1. The molecule has 2 N–H and O–H groups in total. The Morgan fingerprint density at radius 3 is 2.41 bits per heavy atom. The van der Waals surface area contributed by atoms with Gasteiger partial charge in [0.2, 0.25) is 11.8 Å². The number of nitrogens with one attached hydrogen (secondary N) is 1. The van der Waals surface area contributed by atoms with Gasteiger partial charge in [-0.05, 0) is 62.9 Å². The highest BCUT2D eigenvalue weighted by atomic mass is 79.9. The lowest BCUT2D eigenvalue weighted by atomic mass is 9.70. The molecule has 1 spiro atoms. The Balaban J connectivity index is 1.47. The van der Waals surface area contributed by atoms with Crippen LogP contribution < -0.4 is 15.1 Å². The van der Waals surface area contributed by atoms with Gasteiger partial charge in [0.1, 0.15) is 18.2 Å². The van der Waals surface area contributed by atoms with E-state index in [0.717, 1.165) is 24.3 Å². The molecule has 0 radical (unpaired) electrons. The number of ether oxygens (including phenoxy) is 2. The van der Waals surface area contributed by atoms with Crippen LogP contribution in [-0.4, -0.2) is 95.7 Å². The number of esters is 1. The van der Waals surface area contributed by atoms with Gasteiger partial charge in [-0.3, -0.25) is 19.2 Å². The Morgan fingerprint density at radius 1 is 1.10 bits per heavy atom. The zero-order valence-corrected chi connectivity index (χ0v) is 31.0. The van der Waals surface area contributed by atoms with Crippen molar-refractivity contribution < 1.29 is 33.8 Å². The highest BCUT2D eigenvalue weighted by Gasteiger charge is 2.76. The van der Waals surface area contributed by atoms with E-state index in [0.29, 0.717) is 18.5 Å². The first-order chi connectivity index (χ1) is 24.6. The second kappa shape index (κ2) is 17.0. The second-order valence-corrected chi connectivity index (χ2v) is 14.4. The molecule has 0 aliphatic carbocycles. The number of carbonyl (C=O) groups excluding carboxylic acids is 4. The van der Waals surface area contributed by atoms with E-state index in [9.17, 15) is 24.3 Å². The standard InChI is InChI=1S/C39H49BrN4O7/c1-5-9-16-31(46)50-25-30(26-14-11-10-12-15-26)41-36(47)32-33-37(48)44(22-13-23-45)35(39(33)24-29(40)34(32)51-39)38(49)43(21-6-2)28-19-17-27(18-20-28)42(7-3)8-4/h5-6,10-12,14-15,17-20,29-30,32-35,45H,1-2,7-9,13,16,21-25H2,3-4H3,(H,41,47)/t29?,30-,32-,33+,34-,35-,39+/m0/s1. The number of amides is 3. The number of aliphatic hydroxyl groups is 1. The number of rotatable bonds is 18. The summed E-state index contributed by atoms with van der Waals surface area (Å²) in [5, 5.41) is 12.8. The molecule has 3 fully saturated rings. The molecule has 2 bridgehead atoms. The van der Waals surface area contributed by atoms with Gasteiger partial charge in [-0.25, -0.2) is 0 Å². The van der Waals surface area contributed by atoms with Crippen molar-refractivity contribution in [2.24, 2.45) is 11.8 Å². The van der Waals surface area contributed by atoms with Crippen molar-refractivity contribution in [2.75, 3.05) is 49.2 Å². The van der Waals surface area contributed by atoms with Gasteiger partial charge < -0.3 is 34.6 Å². The van der Waals surface area contributed by atoms with E-state index in [2.05, 4.69) is 53.2 Å². The molecule has 3 amide bonds. The van der Waals surface area contributed by atoms with Gasteiger partial charge in [-0.1, -0.05) is 58.4 Å². The molecule has 3 aliphatic heterocycles. The topological polar surface area (TPSA) is 129 Å². The van der Waals surface area contributed by atoms with Crippen LogP contribution in [0.2, 0.25) is 0 Å². The number of hydrogen-bond acceptors (Lipinski definition) is 8. The SMILES string of the molecule is C=CCCC(=O)OC[C@H](NC(=O)[C@@H]1[C@H]2O[C@@]3(CC2Br)[C@H](C(=O)N(CC=C)c2ccc(N(CC)CC)cc2)N(CCCO)C(=O)[C@@H]13)c1ccccc1. The number of alkyl halides is 1. The number of aliphatic hydroxyl groups excluding tert-OH is 1. The van der Waals surface area contributed by atoms with Crippen molar-refractivity contribution in [3.63, 3.8) is 0 Å². The van der Waals surface area contributed by atoms with E-state index in [4.69, 9.17) is 9.47 Å². The lowest BCUT2D eigenvalue weighted by Crippen LogP contribution is -2.57. The highest BCUT2D eigenvalue weighted by molar-refractivity contribution is 9.09. The molecule has 274 valence electrons. The first kappa shape index (κ1) is 38.2. The van der Waals surface area contributed by atoms with Crippen molar-refractivity contribution in [1.82, 2.24) is 10.2 Å². The number of fused-ring (bicyclic) bond motifs is 1. The third-order valence-electron chi connectivity index (χ3n) is 10.2. The predicted octanol–water partition coefficient (Wildman–Crippen LogP) is 4.55. The minimum Gasteiger partial charge on any atom is -0.463 e. The summed E-state index contributed by atoms with van der Waals surface area (Å²) in [5.74, 6) is -3.39. The van der Waals surface area contributed by atoms with Crippen molar-refractivity contribution in [2.45, 2.75) is 68.1 Å². The van der Waals surface area contributed by atoms with E-state index in [1.807, 2.05) is 54.6 Å².